The lowest BCUT2D eigenvalue weighted by Crippen LogP contribution is -2.39. The molecule has 0 aromatic heterocycles. The number of methoxy groups -OCH3 is 1. The highest BCUT2D eigenvalue weighted by molar-refractivity contribution is 7.90. The number of hydrogen-bond acceptors (Lipinski definition) is 7. The molecule has 0 radical (unpaired) electrons. The van der Waals surface area contributed by atoms with Crippen molar-refractivity contribution in [2.75, 3.05) is 26.0 Å². The summed E-state index contributed by atoms with van der Waals surface area (Å²) in [4.78, 5) is 37.7. The molecule has 0 bridgehead atoms. The molecule has 33 heavy (non-hydrogen) atoms. The molecule has 1 aliphatic rings. The summed E-state index contributed by atoms with van der Waals surface area (Å²) in [6.07, 6.45) is 2.39. The Kier molecular flexibility index (Phi) is 7.39. The van der Waals surface area contributed by atoms with Crippen molar-refractivity contribution in [3.63, 3.8) is 0 Å². The zero-order chi connectivity index (χ0) is 24.2. The number of nitrogens with one attached hydrogen (secondary N) is 1. The van der Waals surface area contributed by atoms with Crippen molar-refractivity contribution in [2.24, 2.45) is 0 Å². The first kappa shape index (κ1) is 24.3. The van der Waals surface area contributed by atoms with Crippen LogP contribution in [0.25, 0.3) is 6.08 Å². The van der Waals surface area contributed by atoms with Crippen molar-refractivity contribution >= 4 is 45.4 Å². The molecule has 2 aromatic carbocycles. The van der Waals surface area contributed by atoms with Gasteiger partial charge in [-0.15, -0.1) is 0 Å². The number of nitrogens with zero attached hydrogens (tertiary/aromatic N) is 1. The van der Waals surface area contributed by atoms with Crippen LogP contribution in [0.4, 0.5) is 0 Å². The molecular weight excluding hydrogens is 472 g/mol. The minimum atomic E-state index is -4.11. The Hall–Kier alpha value is -3.37. The highest BCUT2D eigenvalue weighted by atomic mass is 35.5. The van der Waals surface area contributed by atoms with Gasteiger partial charge >= 0.3 is 0 Å². The average Bonchev–Trinajstić information content (AvgIpc) is 3.01. The fourth-order valence-electron chi connectivity index (χ4n) is 3.21. The van der Waals surface area contributed by atoms with Gasteiger partial charge in [-0.25, -0.2) is 13.1 Å². The number of hydrogen-bond donors (Lipinski definition) is 1. The number of fused-ring (bicyclic) bond motifs is 1. The highest BCUT2D eigenvalue weighted by Gasteiger charge is 2.35. The largest absolute Gasteiger partial charge is 0.491 e. The van der Waals surface area contributed by atoms with Gasteiger partial charge in [-0.05, 0) is 42.8 Å². The molecule has 1 N–H and O–H groups in total. The third-order valence-corrected chi connectivity index (χ3v) is 6.19. The number of rotatable bonds is 9. The molecule has 9 nitrogen and oxygen atoms in total. The number of imide groups is 1. The third kappa shape index (κ3) is 5.52. The maximum Gasteiger partial charge on any atom is 0.261 e. The summed E-state index contributed by atoms with van der Waals surface area (Å²) >= 11 is 6.16. The molecule has 11 heteroatoms. The molecule has 0 saturated carbocycles. The van der Waals surface area contributed by atoms with Crippen LogP contribution in [-0.2, 0) is 14.8 Å². The number of sulfonamides is 1. The molecule has 0 aliphatic carbocycles. The quantitative estimate of drug-likeness (QED) is 0.422. The van der Waals surface area contributed by atoms with Gasteiger partial charge in [0.1, 0.15) is 0 Å². The number of carbonyl (C=O) groups excluding carboxylic acids is 3. The molecule has 2 aromatic rings. The van der Waals surface area contributed by atoms with Crippen LogP contribution in [0.5, 0.6) is 11.5 Å². The Morgan fingerprint density at radius 1 is 1.15 bits per heavy atom. The maximum atomic E-state index is 12.3. The van der Waals surface area contributed by atoms with Crippen LogP contribution in [0.1, 0.15) is 33.2 Å². The van der Waals surface area contributed by atoms with Crippen LogP contribution in [0.2, 0.25) is 5.02 Å². The molecule has 0 saturated heterocycles. The van der Waals surface area contributed by atoms with Crippen LogP contribution in [-0.4, -0.2) is 57.1 Å². The van der Waals surface area contributed by atoms with E-state index in [1.54, 1.807) is 25.1 Å². The minimum absolute atomic E-state index is 0.219. The van der Waals surface area contributed by atoms with E-state index < -0.39 is 33.5 Å². The molecule has 1 aliphatic heterocycles. The lowest BCUT2D eigenvalue weighted by molar-refractivity contribution is -0.114. The number of amides is 3. The van der Waals surface area contributed by atoms with E-state index in [9.17, 15) is 22.8 Å². The summed E-state index contributed by atoms with van der Waals surface area (Å²) in [5, 5.41) is 0.261. The highest BCUT2D eigenvalue weighted by Crippen LogP contribution is 2.36. The number of ether oxygens (including phenoxy) is 2. The van der Waals surface area contributed by atoms with Crippen molar-refractivity contribution in [2.45, 2.75) is 6.92 Å². The van der Waals surface area contributed by atoms with E-state index in [0.29, 0.717) is 23.7 Å². The van der Waals surface area contributed by atoms with Gasteiger partial charge in [-0.3, -0.25) is 19.3 Å². The maximum absolute atomic E-state index is 12.3. The van der Waals surface area contributed by atoms with Crippen LogP contribution in [0.15, 0.2) is 42.5 Å². The van der Waals surface area contributed by atoms with Gasteiger partial charge in [0, 0.05) is 12.6 Å². The molecule has 3 rings (SSSR count). The van der Waals surface area contributed by atoms with Gasteiger partial charge in [-0.1, -0.05) is 23.7 Å². The number of benzene rings is 2. The summed E-state index contributed by atoms with van der Waals surface area (Å²) in [6, 6.07) is 9.35. The molecule has 3 amide bonds. The van der Waals surface area contributed by atoms with Crippen molar-refractivity contribution in [1.29, 1.82) is 0 Å². The van der Waals surface area contributed by atoms with Gasteiger partial charge in [0.25, 0.3) is 17.7 Å². The smallest absolute Gasteiger partial charge is 0.261 e. The van der Waals surface area contributed by atoms with Crippen LogP contribution < -0.4 is 14.2 Å². The zero-order valence-corrected chi connectivity index (χ0v) is 19.4. The van der Waals surface area contributed by atoms with E-state index in [-0.39, 0.29) is 22.7 Å². The van der Waals surface area contributed by atoms with Gasteiger partial charge in [0.15, 0.2) is 11.5 Å². The average molecular weight is 493 g/mol. The summed E-state index contributed by atoms with van der Waals surface area (Å²) in [5.74, 6) is -1.95. The SMILES string of the molecule is CCOc1cc(C=CC(=O)NS(=O)(=O)CCN2C(=O)c3ccccc3C2=O)cc(Cl)c1OC. The third-order valence-electron chi connectivity index (χ3n) is 4.68. The topological polar surface area (TPSA) is 119 Å². The van der Waals surface area contributed by atoms with Gasteiger partial charge in [0.05, 0.1) is 35.6 Å². The predicted molar refractivity (Wildman–Crippen MR) is 122 cm³/mol. The first-order chi connectivity index (χ1) is 15.7. The fourth-order valence-corrected chi connectivity index (χ4v) is 4.40. The standard InChI is InChI=1S/C22H21ClN2O7S/c1-3-32-18-13-14(12-17(23)20(18)31-2)8-9-19(26)24-33(29,30)11-10-25-21(27)15-6-4-5-7-16(15)22(25)28/h4-9,12-13H,3,10-11H2,1-2H3,(H,24,26). The van der Waals surface area contributed by atoms with Crippen molar-refractivity contribution < 1.29 is 32.3 Å². The van der Waals surface area contributed by atoms with E-state index in [2.05, 4.69) is 0 Å². The van der Waals surface area contributed by atoms with Crippen LogP contribution in [0, 0.1) is 0 Å². The Labute approximate surface area is 196 Å². The van der Waals surface area contributed by atoms with Crippen molar-refractivity contribution in [3.8, 4) is 11.5 Å². The van der Waals surface area contributed by atoms with Crippen LogP contribution in [0.3, 0.4) is 0 Å². The van der Waals surface area contributed by atoms with Crippen molar-refractivity contribution in [3.05, 3.63) is 64.2 Å². The summed E-state index contributed by atoms with van der Waals surface area (Å²) in [6.45, 7) is 1.77. The summed E-state index contributed by atoms with van der Waals surface area (Å²) < 4.78 is 37.1. The summed E-state index contributed by atoms with van der Waals surface area (Å²) in [7, 11) is -2.67. The molecule has 0 spiro atoms. The molecule has 0 atom stereocenters. The minimum Gasteiger partial charge on any atom is -0.491 e. The summed E-state index contributed by atoms with van der Waals surface area (Å²) in [5.41, 5.74) is 0.927. The van der Waals surface area contributed by atoms with E-state index in [1.807, 2.05) is 4.72 Å². The van der Waals surface area contributed by atoms with E-state index in [0.717, 1.165) is 11.0 Å². The molecule has 0 unspecified atom stereocenters. The van der Waals surface area contributed by atoms with Gasteiger partial charge < -0.3 is 9.47 Å². The lowest BCUT2D eigenvalue weighted by atomic mass is 10.1. The number of carbonyl (C=O) groups is 3. The Balaban J connectivity index is 1.63. The Bertz CT molecular complexity index is 1210. The Morgan fingerprint density at radius 2 is 1.79 bits per heavy atom. The van der Waals surface area contributed by atoms with Gasteiger partial charge in [0.2, 0.25) is 10.0 Å². The van der Waals surface area contributed by atoms with E-state index in [4.69, 9.17) is 21.1 Å². The van der Waals surface area contributed by atoms with Crippen LogP contribution >= 0.6 is 11.6 Å². The predicted octanol–water partition coefficient (Wildman–Crippen LogP) is 2.50. The normalized spacial score (nSPS) is 13.4. The first-order valence-electron chi connectivity index (χ1n) is 9.85. The molecule has 174 valence electrons. The van der Waals surface area contributed by atoms with E-state index >= 15 is 0 Å². The zero-order valence-electron chi connectivity index (χ0n) is 17.8. The van der Waals surface area contributed by atoms with E-state index in [1.165, 1.54) is 31.4 Å². The number of halogens is 1. The molecular formula is C22H21ClN2O7S. The molecule has 0 fully saturated rings. The fraction of sp³-hybridized carbons (Fsp3) is 0.227. The first-order valence-corrected chi connectivity index (χ1v) is 11.9. The van der Waals surface area contributed by atoms with Crippen molar-refractivity contribution in [1.82, 2.24) is 9.62 Å². The molecule has 1 heterocycles. The second-order valence-corrected chi connectivity index (χ2v) is 9.14. The second-order valence-electron chi connectivity index (χ2n) is 6.89. The lowest BCUT2D eigenvalue weighted by Gasteiger charge is -2.14. The Morgan fingerprint density at radius 3 is 2.36 bits per heavy atom. The second kappa shape index (κ2) is 10.1. The van der Waals surface area contributed by atoms with Gasteiger partial charge in [-0.2, -0.15) is 0 Å². The monoisotopic (exact) mass is 492 g/mol.